The van der Waals surface area contributed by atoms with Crippen molar-refractivity contribution in [3.8, 4) is 23.0 Å². The topological polar surface area (TPSA) is 71.1 Å². The number of carbonyl (C=O) groups excluding carboxylic acids is 2. The van der Waals surface area contributed by atoms with Crippen molar-refractivity contribution in [1.29, 1.82) is 0 Å². The van der Waals surface area contributed by atoms with Gasteiger partial charge in [-0.15, -0.1) is 0 Å². The Morgan fingerprint density at radius 3 is 1.41 bits per heavy atom. The van der Waals surface area contributed by atoms with E-state index in [0.29, 0.717) is 26.9 Å². The maximum atomic E-state index is 13.3. The molecule has 0 bridgehead atoms. The number of carbonyl (C=O) groups is 2. The number of halogens is 1. The summed E-state index contributed by atoms with van der Waals surface area (Å²) in [5.41, 5.74) is 4.01. The third kappa shape index (κ3) is 4.85. The molecular formula is C30H27ClO6. The lowest BCUT2D eigenvalue weighted by atomic mass is 10.0. The lowest BCUT2D eigenvalue weighted by Crippen LogP contribution is -2.15. The molecule has 0 spiro atoms. The third-order valence-corrected chi connectivity index (χ3v) is 6.49. The summed E-state index contributed by atoms with van der Waals surface area (Å²) in [5, 5.41) is 1.29. The Bertz CT molecular complexity index is 1500. The molecule has 0 amide bonds. The first-order valence-corrected chi connectivity index (χ1v) is 12.0. The number of fused-ring (bicyclic) bond motifs is 1. The van der Waals surface area contributed by atoms with Crippen LogP contribution in [-0.2, 0) is 0 Å². The van der Waals surface area contributed by atoms with Crippen LogP contribution in [-0.4, -0.2) is 26.2 Å². The number of hydrogen-bond donors (Lipinski definition) is 0. The van der Waals surface area contributed by atoms with E-state index in [9.17, 15) is 9.59 Å². The lowest BCUT2D eigenvalue weighted by Gasteiger charge is -2.20. The van der Waals surface area contributed by atoms with Crippen LogP contribution in [0.2, 0.25) is 5.02 Å². The van der Waals surface area contributed by atoms with Crippen LogP contribution in [0.5, 0.6) is 23.0 Å². The summed E-state index contributed by atoms with van der Waals surface area (Å²) >= 11 is 6.34. The zero-order valence-corrected chi connectivity index (χ0v) is 22.3. The van der Waals surface area contributed by atoms with E-state index in [-0.39, 0.29) is 23.0 Å². The van der Waals surface area contributed by atoms with Crippen LogP contribution >= 0.6 is 11.6 Å². The first-order chi connectivity index (χ1) is 17.7. The van der Waals surface area contributed by atoms with E-state index in [1.54, 1.807) is 18.2 Å². The predicted molar refractivity (Wildman–Crippen MR) is 144 cm³/mol. The maximum Gasteiger partial charge on any atom is 0.344 e. The van der Waals surface area contributed by atoms with Crippen molar-refractivity contribution in [1.82, 2.24) is 0 Å². The van der Waals surface area contributed by atoms with E-state index in [1.807, 2.05) is 64.1 Å². The summed E-state index contributed by atoms with van der Waals surface area (Å²) in [7, 11) is 2.84. The van der Waals surface area contributed by atoms with Gasteiger partial charge < -0.3 is 18.9 Å². The molecule has 0 aliphatic rings. The molecule has 37 heavy (non-hydrogen) atoms. The second kappa shape index (κ2) is 10.5. The fourth-order valence-corrected chi connectivity index (χ4v) is 4.66. The van der Waals surface area contributed by atoms with Gasteiger partial charge in [0, 0.05) is 15.8 Å². The van der Waals surface area contributed by atoms with Gasteiger partial charge in [0.25, 0.3) is 0 Å². The smallest absolute Gasteiger partial charge is 0.344 e. The molecule has 0 N–H and O–H groups in total. The number of esters is 2. The number of hydrogen-bond acceptors (Lipinski definition) is 6. The summed E-state index contributed by atoms with van der Waals surface area (Å²) in [6.45, 7) is 7.36. The average molecular weight is 519 g/mol. The standard InChI is InChI=1S/C30H27ClO6/c1-16-9-7-10-17(2)23(16)29(32)36-25-21-14-13-20(31)15-22(21)26(28(35-6)27(25)34-5)37-30(33)24-18(3)11-8-12-19(24)4/h7-15H,1-6H3. The molecule has 0 unspecified atom stereocenters. The molecule has 0 saturated carbocycles. The van der Waals surface area contributed by atoms with Crippen LogP contribution in [0.3, 0.4) is 0 Å². The van der Waals surface area contributed by atoms with Crippen LogP contribution in [0.25, 0.3) is 10.8 Å². The van der Waals surface area contributed by atoms with Crippen LogP contribution in [0.1, 0.15) is 43.0 Å². The van der Waals surface area contributed by atoms with Gasteiger partial charge in [0.15, 0.2) is 11.5 Å². The molecule has 4 rings (SSSR count). The normalized spacial score (nSPS) is 10.8. The number of ether oxygens (including phenoxy) is 4. The van der Waals surface area contributed by atoms with Crippen molar-refractivity contribution < 1.29 is 28.5 Å². The third-order valence-electron chi connectivity index (χ3n) is 6.26. The quantitative estimate of drug-likeness (QED) is 0.199. The number of aryl methyl sites for hydroxylation is 4. The van der Waals surface area contributed by atoms with Crippen molar-refractivity contribution in [2.24, 2.45) is 0 Å². The Hall–Kier alpha value is -4.03. The molecule has 190 valence electrons. The molecular weight excluding hydrogens is 492 g/mol. The number of rotatable bonds is 6. The summed E-state index contributed by atoms with van der Waals surface area (Å²) in [4.78, 5) is 26.7. The summed E-state index contributed by atoms with van der Waals surface area (Å²) in [5.74, 6) is -0.658. The minimum atomic E-state index is -0.558. The molecule has 0 aromatic heterocycles. The van der Waals surface area contributed by atoms with Crippen LogP contribution in [0.4, 0.5) is 0 Å². The van der Waals surface area contributed by atoms with Crippen LogP contribution in [0.15, 0.2) is 54.6 Å². The molecule has 0 aliphatic carbocycles. The Balaban J connectivity index is 1.92. The monoisotopic (exact) mass is 518 g/mol. The van der Waals surface area contributed by atoms with Crippen molar-refractivity contribution in [3.05, 3.63) is 93.0 Å². The second-order valence-electron chi connectivity index (χ2n) is 8.73. The fraction of sp³-hybridized carbons (Fsp3) is 0.200. The molecule has 6 nitrogen and oxygen atoms in total. The van der Waals surface area contributed by atoms with Crippen LogP contribution in [0, 0.1) is 27.7 Å². The molecule has 0 saturated heterocycles. The average Bonchev–Trinajstić information content (AvgIpc) is 2.84. The number of benzene rings is 4. The van der Waals surface area contributed by atoms with Crippen molar-refractivity contribution in [2.45, 2.75) is 27.7 Å². The SMILES string of the molecule is COc1c(OC)c(OC(=O)c2c(C)cccc2C)c2cc(Cl)ccc2c1OC(=O)c1c(C)cccc1C. The highest BCUT2D eigenvalue weighted by atomic mass is 35.5. The van der Waals surface area contributed by atoms with Gasteiger partial charge in [-0.2, -0.15) is 0 Å². The predicted octanol–water partition coefficient (Wildman–Crippen LogP) is 7.18. The summed E-state index contributed by atoms with van der Waals surface area (Å²) in [6.07, 6.45) is 0. The van der Waals surface area contributed by atoms with Crippen LogP contribution < -0.4 is 18.9 Å². The molecule has 0 atom stereocenters. The Morgan fingerprint density at radius 1 is 0.595 bits per heavy atom. The van der Waals surface area contributed by atoms with E-state index in [1.165, 1.54) is 14.2 Å². The summed E-state index contributed by atoms with van der Waals surface area (Å²) in [6, 6.07) is 16.1. The van der Waals surface area contributed by atoms with Crippen molar-refractivity contribution in [3.63, 3.8) is 0 Å². The fourth-order valence-electron chi connectivity index (χ4n) is 4.49. The van der Waals surface area contributed by atoms with E-state index in [4.69, 9.17) is 30.5 Å². The molecule has 0 aliphatic heterocycles. The largest absolute Gasteiger partial charge is 0.490 e. The van der Waals surface area contributed by atoms with Crippen molar-refractivity contribution >= 4 is 34.3 Å². The van der Waals surface area contributed by atoms with Gasteiger partial charge in [0.05, 0.1) is 25.3 Å². The van der Waals surface area contributed by atoms with Gasteiger partial charge in [0.2, 0.25) is 11.5 Å². The molecule has 0 fully saturated rings. The minimum Gasteiger partial charge on any atom is -0.490 e. The number of methoxy groups -OCH3 is 2. The molecule has 0 heterocycles. The van der Waals surface area contributed by atoms with Gasteiger partial charge in [0.1, 0.15) is 0 Å². The minimum absolute atomic E-state index is 0.0983. The second-order valence-corrected chi connectivity index (χ2v) is 9.16. The van der Waals surface area contributed by atoms with Gasteiger partial charge in [-0.3, -0.25) is 0 Å². The first kappa shape index (κ1) is 26.0. The first-order valence-electron chi connectivity index (χ1n) is 11.6. The van der Waals surface area contributed by atoms with Gasteiger partial charge >= 0.3 is 11.9 Å². The van der Waals surface area contributed by atoms with E-state index >= 15 is 0 Å². The Kier molecular flexibility index (Phi) is 7.41. The molecule has 0 radical (unpaired) electrons. The zero-order chi connectivity index (χ0) is 26.9. The maximum absolute atomic E-state index is 13.3. The highest BCUT2D eigenvalue weighted by Gasteiger charge is 2.29. The Morgan fingerprint density at radius 2 is 1.00 bits per heavy atom. The van der Waals surface area contributed by atoms with Gasteiger partial charge in [-0.05, 0) is 68.1 Å². The van der Waals surface area contributed by atoms with Gasteiger partial charge in [-0.25, -0.2) is 9.59 Å². The molecule has 4 aromatic rings. The highest BCUT2D eigenvalue weighted by Crippen LogP contribution is 2.52. The molecule has 7 heteroatoms. The van der Waals surface area contributed by atoms with Crippen molar-refractivity contribution in [2.75, 3.05) is 14.2 Å². The van der Waals surface area contributed by atoms with E-state index < -0.39 is 11.9 Å². The van der Waals surface area contributed by atoms with E-state index in [0.717, 1.165) is 22.3 Å². The van der Waals surface area contributed by atoms with E-state index in [2.05, 4.69) is 0 Å². The Labute approximate surface area is 220 Å². The summed E-state index contributed by atoms with van der Waals surface area (Å²) < 4.78 is 23.2. The molecule has 4 aromatic carbocycles. The highest BCUT2D eigenvalue weighted by molar-refractivity contribution is 6.31. The van der Waals surface area contributed by atoms with Gasteiger partial charge in [-0.1, -0.05) is 48.0 Å². The zero-order valence-electron chi connectivity index (χ0n) is 21.5. The lowest BCUT2D eigenvalue weighted by molar-refractivity contribution is 0.0713.